The third-order valence-electron chi connectivity index (χ3n) is 8.44. The zero-order valence-electron chi connectivity index (χ0n) is 14.1. The number of Topliss-reactive ketones (excluding diaryl/α,β-unsaturated/α-hetero) is 1. The van der Waals surface area contributed by atoms with Crippen molar-refractivity contribution in [3.05, 3.63) is 0 Å². The van der Waals surface area contributed by atoms with Gasteiger partial charge in [0.1, 0.15) is 0 Å². The summed E-state index contributed by atoms with van der Waals surface area (Å²) in [5.41, 5.74) is 6.39. The molecule has 0 aromatic heterocycles. The number of nitrogens with two attached hydrogens (primary N) is 1. The lowest BCUT2D eigenvalue weighted by Gasteiger charge is -2.60. The zero-order valence-corrected chi connectivity index (χ0v) is 14.1. The average Bonchev–Trinajstić information content (AvgIpc) is 2.72. The van der Waals surface area contributed by atoms with Crippen LogP contribution in [0, 0.1) is 34.5 Å². The molecule has 3 nitrogen and oxygen atoms in total. The van der Waals surface area contributed by atoms with Crippen molar-refractivity contribution in [3.8, 4) is 0 Å². The number of aliphatic hydroxyl groups excluding tert-OH is 1. The van der Waals surface area contributed by atoms with Crippen LogP contribution in [0.25, 0.3) is 0 Å². The summed E-state index contributed by atoms with van der Waals surface area (Å²) in [6.07, 6.45) is 8.70. The second-order valence-corrected chi connectivity index (χ2v) is 9.25. The Morgan fingerprint density at radius 3 is 2.59 bits per heavy atom. The van der Waals surface area contributed by atoms with Crippen LogP contribution in [0.5, 0.6) is 0 Å². The molecule has 0 radical (unpaired) electrons. The van der Waals surface area contributed by atoms with E-state index in [4.69, 9.17) is 5.73 Å². The molecule has 124 valence electrons. The van der Waals surface area contributed by atoms with Gasteiger partial charge in [0.05, 0.1) is 12.1 Å². The Balaban J connectivity index is 1.64. The SMILES string of the molecule is C[C@]12CC[C@H](O)C[C@@H]1CC[C@@H]1[C@@H]2CC[C@]2(C)C(=O)[C@@H](N)C[C@@H]12. The van der Waals surface area contributed by atoms with Crippen LogP contribution < -0.4 is 5.73 Å². The first-order valence-corrected chi connectivity index (χ1v) is 9.34. The molecule has 0 aliphatic heterocycles. The number of carbonyl (C=O) groups is 1. The monoisotopic (exact) mass is 305 g/mol. The molecule has 0 aromatic rings. The zero-order chi connectivity index (χ0) is 15.7. The van der Waals surface area contributed by atoms with Crippen molar-refractivity contribution >= 4 is 5.78 Å². The number of carbonyl (C=O) groups excluding carboxylic acids is 1. The molecule has 0 bridgehead atoms. The number of aliphatic hydroxyl groups is 1. The van der Waals surface area contributed by atoms with Gasteiger partial charge < -0.3 is 10.8 Å². The molecular formula is C19H31NO2. The highest BCUT2D eigenvalue weighted by Gasteiger charge is 2.61. The minimum atomic E-state index is -0.215. The Morgan fingerprint density at radius 2 is 1.82 bits per heavy atom. The second-order valence-electron chi connectivity index (χ2n) is 9.25. The molecule has 22 heavy (non-hydrogen) atoms. The summed E-state index contributed by atoms with van der Waals surface area (Å²) in [7, 11) is 0. The van der Waals surface area contributed by atoms with Crippen LogP contribution in [0.1, 0.15) is 65.2 Å². The fourth-order valence-electron chi connectivity index (χ4n) is 7.10. The summed E-state index contributed by atoms with van der Waals surface area (Å²) in [5.74, 6) is 2.97. The van der Waals surface area contributed by atoms with E-state index in [0.29, 0.717) is 29.0 Å². The van der Waals surface area contributed by atoms with E-state index < -0.39 is 0 Å². The van der Waals surface area contributed by atoms with Gasteiger partial charge in [0.15, 0.2) is 5.78 Å². The minimum Gasteiger partial charge on any atom is -0.393 e. The molecule has 4 saturated carbocycles. The van der Waals surface area contributed by atoms with Gasteiger partial charge in [-0.25, -0.2) is 0 Å². The normalized spacial score (nSPS) is 57.9. The van der Waals surface area contributed by atoms with E-state index in [1.165, 1.54) is 25.7 Å². The quantitative estimate of drug-likeness (QED) is 0.723. The van der Waals surface area contributed by atoms with E-state index in [-0.39, 0.29) is 17.6 Å². The van der Waals surface area contributed by atoms with Gasteiger partial charge in [0.2, 0.25) is 0 Å². The van der Waals surface area contributed by atoms with Crippen molar-refractivity contribution in [2.45, 2.75) is 77.4 Å². The maximum absolute atomic E-state index is 12.6. The van der Waals surface area contributed by atoms with Crippen LogP contribution >= 0.6 is 0 Å². The van der Waals surface area contributed by atoms with Crippen LogP contribution in [0.3, 0.4) is 0 Å². The first-order chi connectivity index (χ1) is 10.4. The summed E-state index contributed by atoms with van der Waals surface area (Å²) in [5, 5.41) is 10.1. The second kappa shape index (κ2) is 4.80. The highest BCUT2D eigenvalue weighted by Crippen LogP contribution is 2.65. The number of hydrogen-bond acceptors (Lipinski definition) is 3. The van der Waals surface area contributed by atoms with Crippen molar-refractivity contribution in [3.63, 3.8) is 0 Å². The Hall–Kier alpha value is -0.410. The molecule has 3 N–H and O–H groups in total. The van der Waals surface area contributed by atoms with Crippen LogP contribution in [-0.2, 0) is 4.79 Å². The third kappa shape index (κ3) is 1.84. The van der Waals surface area contributed by atoms with E-state index in [1.54, 1.807) is 0 Å². The summed E-state index contributed by atoms with van der Waals surface area (Å²) in [4.78, 5) is 12.6. The van der Waals surface area contributed by atoms with Gasteiger partial charge >= 0.3 is 0 Å². The fraction of sp³-hybridized carbons (Fsp3) is 0.947. The van der Waals surface area contributed by atoms with E-state index in [1.807, 2.05) is 0 Å². The molecular weight excluding hydrogens is 274 g/mol. The highest BCUT2D eigenvalue weighted by molar-refractivity contribution is 5.92. The fourth-order valence-corrected chi connectivity index (χ4v) is 7.10. The number of hydrogen-bond donors (Lipinski definition) is 2. The Bertz CT molecular complexity index is 492. The molecule has 4 aliphatic rings. The molecule has 0 unspecified atom stereocenters. The van der Waals surface area contributed by atoms with Gasteiger partial charge in [-0.05, 0) is 80.5 Å². The van der Waals surface area contributed by atoms with E-state index >= 15 is 0 Å². The number of rotatable bonds is 0. The molecule has 3 heteroatoms. The molecule has 8 atom stereocenters. The predicted octanol–water partition coefficient (Wildman–Crippen LogP) is 2.90. The Morgan fingerprint density at radius 1 is 1.05 bits per heavy atom. The molecule has 0 spiro atoms. The van der Waals surface area contributed by atoms with Crippen LogP contribution in [0.15, 0.2) is 0 Å². The smallest absolute Gasteiger partial charge is 0.155 e. The van der Waals surface area contributed by atoms with Gasteiger partial charge in [-0.1, -0.05) is 13.8 Å². The molecule has 0 saturated heterocycles. The maximum Gasteiger partial charge on any atom is 0.155 e. The average molecular weight is 305 g/mol. The standard InChI is InChI=1S/C19H31NO2/c1-18-7-5-12(21)9-11(18)3-4-13-14(18)6-8-19(2)15(13)10-16(20)17(19)22/h11-16,21H,3-10,20H2,1-2H3/t11-,12-,13+,14-,15-,16-,18-,19-/m0/s1. The van der Waals surface area contributed by atoms with Crippen LogP contribution in [0.4, 0.5) is 0 Å². The van der Waals surface area contributed by atoms with Gasteiger partial charge in [0, 0.05) is 5.41 Å². The number of fused-ring (bicyclic) bond motifs is 5. The molecule has 0 amide bonds. The summed E-state index contributed by atoms with van der Waals surface area (Å²) < 4.78 is 0. The lowest BCUT2D eigenvalue weighted by molar-refractivity contribution is -0.142. The topological polar surface area (TPSA) is 63.3 Å². The maximum atomic E-state index is 12.6. The van der Waals surface area contributed by atoms with Crippen molar-refractivity contribution in [1.82, 2.24) is 0 Å². The van der Waals surface area contributed by atoms with Crippen molar-refractivity contribution in [2.75, 3.05) is 0 Å². The van der Waals surface area contributed by atoms with Crippen LogP contribution in [-0.4, -0.2) is 23.0 Å². The Kier molecular flexibility index (Phi) is 3.30. The molecule has 4 fully saturated rings. The molecule has 0 aromatic carbocycles. The Labute approximate surface area is 134 Å². The van der Waals surface area contributed by atoms with Crippen molar-refractivity contribution < 1.29 is 9.90 Å². The van der Waals surface area contributed by atoms with E-state index in [0.717, 1.165) is 31.6 Å². The van der Waals surface area contributed by atoms with Gasteiger partial charge in [-0.15, -0.1) is 0 Å². The molecule has 4 aliphatic carbocycles. The van der Waals surface area contributed by atoms with E-state index in [9.17, 15) is 9.90 Å². The largest absolute Gasteiger partial charge is 0.393 e. The predicted molar refractivity (Wildman–Crippen MR) is 86.1 cm³/mol. The summed E-state index contributed by atoms with van der Waals surface area (Å²) >= 11 is 0. The van der Waals surface area contributed by atoms with E-state index in [2.05, 4.69) is 13.8 Å². The molecule has 4 rings (SSSR count). The summed E-state index contributed by atoms with van der Waals surface area (Å²) in [6, 6.07) is -0.215. The van der Waals surface area contributed by atoms with Gasteiger partial charge in [-0.3, -0.25) is 4.79 Å². The van der Waals surface area contributed by atoms with Gasteiger partial charge in [0.25, 0.3) is 0 Å². The summed E-state index contributed by atoms with van der Waals surface area (Å²) in [6.45, 7) is 4.68. The van der Waals surface area contributed by atoms with Crippen LogP contribution in [0.2, 0.25) is 0 Å². The molecule has 0 heterocycles. The number of ketones is 1. The van der Waals surface area contributed by atoms with Crippen molar-refractivity contribution in [2.24, 2.45) is 40.2 Å². The first-order valence-electron chi connectivity index (χ1n) is 9.34. The highest BCUT2D eigenvalue weighted by atomic mass is 16.3. The minimum absolute atomic E-state index is 0.0787. The lowest BCUT2D eigenvalue weighted by atomic mass is 9.45. The van der Waals surface area contributed by atoms with Crippen molar-refractivity contribution in [1.29, 1.82) is 0 Å². The third-order valence-corrected chi connectivity index (χ3v) is 8.44. The van der Waals surface area contributed by atoms with Gasteiger partial charge in [-0.2, -0.15) is 0 Å². The first kappa shape index (κ1) is 15.1. The lowest BCUT2D eigenvalue weighted by Crippen LogP contribution is -2.54.